The standard InChI is InChI=1S/C14H16F3N5OS/c1-6-5-9(11(18)24)7(2)8(3)10(6)21-13(23)22(19-4)12(20-21)14(15,16)17/h5,19H,1-4H3,(H2,18,24). The number of aryl methyl sites for hydroxylation is 1. The first kappa shape index (κ1) is 18.0. The van der Waals surface area contributed by atoms with E-state index in [0.29, 0.717) is 26.9 Å². The molecule has 24 heavy (non-hydrogen) atoms. The average molecular weight is 359 g/mol. The summed E-state index contributed by atoms with van der Waals surface area (Å²) >= 11 is 4.98. The fraction of sp³-hybridized carbons (Fsp3) is 0.357. The smallest absolute Gasteiger partial charge is 0.389 e. The predicted octanol–water partition coefficient (Wildman–Crippen LogP) is 1.79. The van der Waals surface area contributed by atoms with Gasteiger partial charge in [0.25, 0.3) is 5.82 Å². The Morgan fingerprint density at radius 2 is 1.88 bits per heavy atom. The molecular formula is C14H16F3N5OS. The summed E-state index contributed by atoms with van der Waals surface area (Å²) in [6.45, 7) is 5.07. The van der Waals surface area contributed by atoms with Crippen molar-refractivity contribution < 1.29 is 13.2 Å². The molecule has 0 spiro atoms. The van der Waals surface area contributed by atoms with Crippen molar-refractivity contribution in [2.45, 2.75) is 26.9 Å². The second kappa shape index (κ2) is 5.93. The molecule has 2 aromatic rings. The Morgan fingerprint density at radius 3 is 2.29 bits per heavy atom. The molecule has 0 saturated heterocycles. The summed E-state index contributed by atoms with van der Waals surface area (Å²) in [6, 6.07) is 1.64. The Balaban J connectivity index is 2.84. The molecule has 0 amide bonds. The van der Waals surface area contributed by atoms with Gasteiger partial charge in [-0.2, -0.15) is 22.5 Å². The first-order valence-electron chi connectivity index (χ1n) is 6.88. The van der Waals surface area contributed by atoms with Crippen molar-refractivity contribution in [3.8, 4) is 5.69 Å². The molecule has 0 bridgehead atoms. The number of alkyl halides is 3. The van der Waals surface area contributed by atoms with E-state index in [1.165, 1.54) is 7.05 Å². The van der Waals surface area contributed by atoms with Crippen LogP contribution in [-0.2, 0) is 6.18 Å². The molecule has 10 heteroatoms. The third-order valence-corrected chi connectivity index (χ3v) is 4.01. The highest BCUT2D eigenvalue weighted by molar-refractivity contribution is 7.80. The van der Waals surface area contributed by atoms with Crippen LogP contribution in [0.15, 0.2) is 10.9 Å². The van der Waals surface area contributed by atoms with Crippen molar-refractivity contribution in [2.24, 2.45) is 5.73 Å². The summed E-state index contributed by atoms with van der Waals surface area (Å²) in [5.74, 6) is -1.33. The molecule has 0 fully saturated rings. The van der Waals surface area contributed by atoms with E-state index in [0.717, 1.165) is 4.68 Å². The van der Waals surface area contributed by atoms with E-state index < -0.39 is 17.7 Å². The van der Waals surface area contributed by atoms with E-state index in [1.807, 2.05) is 0 Å². The lowest BCUT2D eigenvalue weighted by Crippen LogP contribution is -2.31. The lowest BCUT2D eigenvalue weighted by atomic mass is 9.97. The van der Waals surface area contributed by atoms with Crippen LogP contribution in [-0.4, -0.2) is 26.5 Å². The number of hydrogen-bond donors (Lipinski definition) is 2. The fourth-order valence-corrected chi connectivity index (χ4v) is 2.76. The third-order valence-electron chi connectivity index (χ3n) is 3.79. The number of nitrogens with zero attached hydrogens (tertiary/aromatic N) is 3. The van der Waals surface area contributed by atoms with E-state index in [9.17, 15) is 18.0 Å². The molecule has 1 heterocycles. The fourth-order valence-electron chi connectivity index (χ4n) is 2.55. The number of rotatable bonds is 3. The molecule has 3 N–H and O–H groups in total. The molecule has 0 aliphatic heterocycles. The number of aromatic nitrogens is 3. The van der Waals surface area contributed by atoms with Gasteiger partial charge in [-0.15, -0.1) is 5.10 Å². The van der Waals surface area contributed by atoms with Gasteiger partial charge in [0.05, 0.1) is 5.69 Å². The minimum atomic E-state index is -4.77. The van der Waals surface area contributed by atoms with Crippen LogP contribution in [0.25, 0.3) is 5.69 Å². The second-order valence-corrected chi connectivity index (χ2v) is 5.72. The zero-order valence-corrected chi connectivity index (χ0v) is 14.3. The molecule has 6 nitrogen and oxygen atoms in total. The zero-order valence-electron chi connectivity index (χ0n) is 13.4. The van der Waals surface area contributed by atoms with Gasteiger partial charge in [-0.1, -0.05) is 12.2 Å². The predicted molar refractivity (Wildman–Crippen MR) is 88.2 cm³/mol. The zero-order chi connectivity index (χ0) is 18.4. The van der Waals surface area contributed by atoms with Crippen LogP contribution in [0.1, 0.15) is 28.1 Å². The normalized spacial score (nSPS) is 11.6. The van der Waals surface area contributed by atoms with Gasteiger partial charge >= 0.3 is 11.9 Å². The van der Waals surface area contributed by atoms with E-state index in [4.69, 9.17) is 18.0 Å². The number of thiocarbonyl (C=S) groups is 1. The van der Waals surface area contributed by atoms with Crippen LogP contribution in [0.5, 0.6) is 0 Å². The highest BCUT2D eigenvalue weighted by atomic mass is 32.1. The van der Waals surface area contributed by atoms with Crippen LogP contribution in [0.3, 0.4) is 0 Å². The van der Waals surface area contributed by atoms with Crippen molar-refractivity contribution in [3.05, 3.63) is 44.6 Å². The largest absolute Gasteiger partial charge is 0.453 e. The second-order valence-electron chi connectivity index (χ2n) is 5.28. The van der Waals surface area contributed by atoms with E-state index in [-0.39, 0.29) is 10.7 Å². The third kappa shape index (κ3) is 2.77. The summed E-state index contributed by atoms with van der Waals surface area (Å²) in [4.78, 5) is 12.5. The Morgan fingerprint density at radius 1 is 1.29 bits per heavy atom. The van der Waals surface area contributed by atoms with E-state index in [1.54, 1.807) is 26.8 Å². The maximum atomic E-state index is 13.1. The molecule has 0 radical (unpaired) electrons. The van der Waals surface area contributed by atoms with Crippen molar-refractivity contribution in [1.29, 1.82) is 0 Å². The molecular weight excluding hydrogens is 343 g/mol. The van der Waals surface area contributed by atoms with Crippen LogP contribution in [0.2, 0.25) is 0 Å². The molecule has 2 rings (SSSR count). The number of nitrogens with one attached hydrogen (secondary N) is 1. The minimum Gasteiger partial charge on any atom is -0.389 e. The van der Waals surface area contributed by atoms with Crippen molar-refractivity contribution >= 4 is 17.2 Å². The van der Waals surface area contributed by atoms with Crippen LogP contribution >= 0.6 is 12.2 Å². The van der Waals surface area contributed by atoms with E-state index in [2.05, 4.69) is 10.5 Å². The highest BCUT2D eigenvalue weighted by Gasteiger charge is 2.39. The number of benzene rings is 1. The Hall–Kier alpha value is -2.36. The first-order chi connectivity index (χ1) is 11.0. The van der Waals surface area contributed by atoms with Gasteiger partial charge in [0.2, 0.25) is 0 Å². The maximum Gasteiger partial charge on any atom is 0.453 e. The molecule has 0 aliphatic rings. The molecule has 0 aliphatic carbocycles. The summed E-state index contributed by atoms with van der Waals surface area (Å²) in [7, 11) is 1.21. The van der Waals surface area contributed by atoms with Crippen LogP contribution in [0.4, 0.5) is 13.2 Å². The molecule has 1 aromatic heterocycles. The molecule has 0 atom stereocenters. The van der Waals surface area contributed by atoms with Gasteiger partial charge < -0.3 is 11.2 Å². The van der Waals surface area contributed by atoms with Crippen molar-refractivity contribution in [1.82, 2.24) is 14.5 Å². The van der Waals surface area contributed by atoms with Crippen LogP contribution in [0, 0.1) is 20.8 Å². The van der Waals surface area contributed by atoms with Gasteiger partial charge in [0.1, 0.15) is 4.99 Å². The molecule has 130 valence electrons. The summed E-state index contributed by atoms with van der Waals surface area (Å²) in [5.41, 5.74) is 9.61. The van der Waals surface area contributed by atoms with Gasteiger partial charge in [-0.05, 0) is 43.5 Å². The molecule has 1 aromatic carbocycles. The number of nitrogens with two attached hydrogens (primary N) is 1. The summed E-state index contributed by atoms with van der Waals surface area (Å²) in [5, 5.41) is 3.47. The average Bonchev–Trinajstić information content (AvgIpc) is 2.80. The van der Waals surface area contributed by atoms with Crippen LogP contribution < -0.4 is 16.8 Å². The van der Waals surface area contributed by atoms with Gasteiger partial charge in [0.15, 0.2) is 0 Å². The monoisotopic (exact) mass is 359 g/mol. The number of halogens is 3. The Labute approximate surface area is 141 Å². The maximum absolute atomic E-state index is 13.1. The summed E-state index contributed by atoms with van der Waals surface area (Å²) < 4.78 is 40.4. The van der Waals surface area contributed by atoms with Crippen molar-refractivity contribution in [3.63, 3.8) is 0 Å². The summed E-state index contributed by atoms with van der Waals surface area (Å²) in [6.07, 6.45) is -4.77. The van der Waals surface area contributed by atoms with Gasteiger partial charge in [-0.3, -0.25) is 0 Å². The molecule has 0 unspecified atom stereocenters. The Kier molecular flexibility index (Phi) is 4.44. The van der Waals surface area contributed by atoms with Gasteiger partial charge in [-0.25, -0.2) is 4.79 Å². The molecule has 0 saturated carbocycles. The van der Waals surface area contributed by atoms with Crippen molar-refractivity contribution in [2.75, 3.05) is 12.5 Å². The van der Waals surface area contributed by atoms with Gasteiger partial charge in [0, 0.05) is 12.6 Å². The SMILES string of the molecule is CNn1c(C(F)(F)F)nn(-c2c(C)cc(C(N)=S)c(C)c2C)c1=O. The lowest BCUT2D eigenvalue weighted by Gasteiger charge is -2.15. The minimum absolute atomic E-state index is 0.175. The highest BCUT2D eigenvalue weighted by Crippen LogP contribution is 2.28. The first-order valence-corrected chi connectivity index (χ1v) is 7.29. The quantitative estimate of drug-likeness (QED) is 0.817. The van der Waals surface area contributed by atoms with E-state index >= 15 is 0 Å². The topological polar surface area (TPSA) is 77.9 Å². The lowest BCUT2D eigenvalue weighted by molar-refractivity contribution is -0.147. The Bertz CT molecular complexity index is 882. The number of hydrogen-bond acceptors (Lipinski definition) is 4.